The van der Waals surface area contributed by atoms with Gasteiger partial charge in [-0.1, -0.05) is 36.4 Å². The van der Waals surface area contributed by atoms with Crippen molar-refractivity contribution in [2.75, 3.05) is 12.0 Å². The number of carbonyl (C=O) groups is 2. The van der Waals surface area contributed by atoms with Crippen LogP contribution in [0, 0.1) is 13.8 Å². The second-order valence-electron chi connectivity index (χ2n) is 6.40. The molecule has 1 N–H and O–H groups in total. The van der Waals surface area contributed by atoms with Crippen LogP contribution in [0.25, 0.3) is 6.08 Å². The molecule has 5 nitrogen and oxygen atoms in total. The molecular formula is C22H20N2O3S. The average molecular weight is 392 g/mol. The zero-order chi connectivity index (χ0) is 20.3. The van der Waals surface area contributed by atoms with Crippen molar-refractivity contribution in [2.45, 2.75) is 13.8 Å². The zero-order valence-electron chi connectivity index (χ0n) is 15.9. The van der Waals surface area contributed by atoms with Crippen molar-refractivity contribution < 1.29 is 14.3 Å². The minimum Gasteiger partial charge on any atom is -0.497 e. The smallest absolute Gasteiger partial charge is 0.270 e. The third-order valence-corrected chi connectivity index (χ3v) is 4.66. The van der Waals surface area contributed by atoms with Crippen molar-refractivity contribution in [2.24, 2.45) is 0 Å². The number of hydrogen-bond acceptors (Lipinski definition) is 4. The molecule has 142 valence electrons. The van der Waals surface area contributed by atoms with Gasteiger partial charge in [0.25, 0.3) is 11.8 Å². The SMILES string of the molecule is COc1ccc(C=CC=C2C(=O)NC(=S)N(c3cc(C)ccc3C)C2=O)cc1. The van der Waals surface area contributed by atoms with Crippen LogP contribution in [0.15, 0.2) is 60.2 Å². The van der Waals surface area contributed by atoms with E-state index in [1.165, 1.54) is 11.0 Å². The first-order valence-corrected chi connectivity index (χ1v) is 9.11. The van der Waals surface area contributed by atoms with Crippen LogP contribution in [0.2, 0.25) is 0 Å². The van der Waals surface area contributed by atoms with Crippen molar-refractivity contribution in [3.8, 4) is 5.75 Å². The number of aryl methyl sites for hydroxylation is 2. The topological polar surface area (TPSA) is 58.6 Å². The first kappa shape index (κ1) is 19.5. The molecule has 0 saturated carbocycles. The predicted octanol–water partition coefficient (Wildman–Crippen LogP) is 3.70. The van der Waals surface area contributed by atoms with Crippen LogP contribution in [-0.4, -0.2) is 24.0 Å². The molecule has 28 heavy (non-hydrogen) atoms. The molecule has 6 heteroatoms. The van der Waals surface area contributed by atoms with Crippen molar-refractivity contribution in [1.29, 1.82) is 0 Å². The highest BCUT2D eigenvalue weighted by atomic mass is 32.1. The summed E-state index contributed by atoms with van der Waals surface area (Å²) in [6.07, 6.45) is 4.98. The van der Waals surface area contributed by atoms with Gasteiger partial charge < -0.3 is 4.74 Å². The van der Waals surface area contributed by atoms with E-state index >= 15 is 0 Å². The van der Waals surface area contributed by atoms with Crippen LogP contribution < -0.4 is 15.0 Å². The fraction of sp³-hybridized carbons (Fsp3) is 0.136. The number of anilines is 1. The monoisotopic (exact) mass is 392 g/mol. The number of amides is 2. The summed E-state index contributed by atoms with van der Waals surface area (Å²) >= 11 is 5.25. The van der Waals surface area contributed by atoms with Gasteiger partial charge in [0.2, 0.25) is 0 Å². The molecule has 1 aliphatic heterocycles. The molecule has 0 aliphatic carbocycles. The maximum atomic E-state index is 13.0. The van der Waals surface area contributed by atoms with Crippen LogP contribution in [0.3, 0.4) is 0 Å². The lowest BCUT2D eigenvalue weighted by Gasteiger charge is -2.30. The highest BCUT2D eigenvalue weighted by molar-refractivity contribution is 7.80. The second kappa shape index (κ2) is 8.19. The lowest BCUT2D eigenvalue weighted by Crippen LogP contribution is -2.54. The predicted molar refractivity (Wildman–Crippen MR) is 114 cm³/mol. The Balaban J connectivity index is 1.89. The summed E-state index contributed by atoms with van der Waals surface area (Å²) in [5, 5.41) is 2.68. The fourth-order valence-corrected chi connectivity index (χ4v) is 3.10. The van der Waals surface area contributed by atoms with Crippen LogP contribution in [0.5, 0.6) is 5.75 Å². The van der Waals surface area contributed by atoms with Gasteiger partial charge in [-0.2, -0.15) is 0 Å². The number of nitrogens with zero attached hydrogens (tertiary/aromatic N) is 1. The number of rotatable bonds is 4. The zero-order valence-corrected chi connectivity index (χ0v) is 16.7. The summed E-state index contributed by atoms with van der Waals surface area (Å²) in [5.41, 5.74) is 3.51. The van der Waals surface area contributed by atoms with Crippen LogP contribution in [-0.2, 0) is 9.59 Å². The maximum Gasteiger partial charge on any atom is 0.270 e. The number of carbonyl (C=O) groups excluding carboxylic acids is 2. The van der Waals surface area contributed by atoms with Crippen LogP contribution in [0.4, 0.5) is 5.69 Å². The van der Waals surface area contributed by atoms with Gasteiger partial charge in [0.15, 0.2) is 5.11 Å². The van der Waals surface area contributed by atoms with Gasteiger partial charge in [0, 0.05) is 0 Å². The summed E-state index contributed by atoms with van der Waals surface area (Å²) in [4.78, 5) is 26.7. The molecule has 1 fully saturated rings. The van der Waals surface area contributed by atoms with E-state index in [1.54, 1.807) is 13.2 Å². The third-order valence-electron chi connectivity index (χ3n) is 4.37. The van der Waals surface area contributed by atoms with E-state index in [2.05, 4.69) is 5.32 Å². The highest BCUT2D eigenvalue weighted by Gasteiger charge is 2.34. The number of methoxy groups -OCH3 is 1. The third kappa shape index (κ3) is 4.02. The molecule has 1 aliphatic rings. The van der Waals surface area contributed by atoms with Crippen LogP contribution >= 0.6 is 12.2 Å². The normalized spacial score (nSPS) is 16.0. The van der Waals surface area contributed by atoms with Crippen molar-refractivity contribution in [1.82, 2.24) is 5.32 Å². The Morgan fingerprint density at radius 1 is 1.07 bits per heavy atom. The molecule has 0 spiro atoms. The number of nitrogens with one attached hydrogen (secondary N) is 1. The number of benzene rings is 2. The van der Waals surface area contributed by atoms with Gasteiger partial charge in [-0.25, -0.2) is 0 Å². The van der Waals surface area contributed by atoms with Crippen molar-refractivity contribution in [3.63, 3.8) is 0 Å². The minimum absolute atomic E-state index is 0.0271. The van der Waals surface area contributed by atoms with E-state index in [1.807, 2.05) is 62.4 Å². The number of thiocarbonyl (C=S) groups is 1. The molecule has 0 unspecified atom stereocenters. The molecule has 1 saturated heterocycles. The van der Waals surface area contributed by atoms with E-state index in [0.717, 1.165) is 22.4 Å². The molecule has 3 rings (SSSR count). The van der Waals surface area contributed by atoms with Gasteiger partial charge in [-0.15, -0.1) is 0 Å². The molecule has 2 aromatic rings. The Kier molecular flexibility index (Phi) is 5.70. The molecule has 0 atom stereocenters. The van der Waals surface area contributed by atoms with E-state index in [4.69, 9.17) is 17.0 Å². The summed E-state index contributed by atoms with van der Waals surface area (Å²) in [5.74, 6) is -0.187. The van der Waals surface area contributed by atoms with E-state index in [9.17, 15) is 9.59 Å². The second-order valence-corrected chi connectivity index (χ2v) is 6.79. The molecule has 0 radical (unpaired) electrons. The van der Waals surface area contributed by atoms with Crippen LogP contribution in [0.1, 0.15) is 16.7 Å². The number of hydrogen-bond donors (Lipinski definition) is 1. The Morgan fingerprint density at radius 3 is 2.46 bits per heavy atom. The number of ether oxygens (including phenoxy) is 1. The number of allylic oxidation sites excluding steroid dienone is 2. The van der Waals surface area contributed by atoms with E-state index in [0.29, 0.717) is 5.69 Å². The van der Waals surface area contributed by atoms with E-state index < -0.39 is 11.8 Å². The standard InChI is InChI=1S/C22H20N2O3S/c1-14-7-8-15(2)19(13-14)24-21(26)18(20(25)23-22(24)28)6-4-5-16-9-11-17(27-3)12-10-16/h4-13H,1-3H3,(H,23,25,28). The van der Waals surface area contributed by atoms with Crippen molar-refractivity contribution in [3.05, 3.63) is 76.9 Å². The maximum absolute atomic E-state index is 13.0. The fourth-order valence-electron chi connectivity index (χ4n) is 2.83. The lowest BCUT2D eigenvalue weighted by atomic mass is 10.1. The Morgan fingerprint density at radius 2 is 1.79 bits per heavy atom. The molecule has 0 aromatic heterocycles. The molecular weight excluding hydrogens is 372 g/mol. The summed E-state index contributed by atoms with van der Waals surface area (Å²) < 4.78 is 5.13. The first-order chi connectivity index (χ1) is 13.4. The molecule has 2 aromatic carbocycles. The summed E-state index contributed by atoms with van der Waals surface area (Å²) in [6.45, 7) is 3.83. The molecule has 2 amide bonds. The average Bonchev–Trinajstić information content (AvgIpc) is 2.67. The molecule has 1 heterocycles. The molecule has 0 bridgehead atoms. The largest absolute Gasteiger partial charge is 0.497 e. The van der Waals surface area contributed by atoms with Gasteiger partial charge in [0.05, 0.1) is 12.8 Å². The summed E-state index contributed by atoms with van der Waals surface area (Å²) in [6, 6.07) is 13.2. The Hall–Kier alpha value is -3.25. The van der Waals surface area contributed by atoms with Gasteiger partial charge in [-0.05, 0) is 67.0 Å². The van der Waals surface area contributed by atoms with E-state index in [-0.39, 0.29) is 10.7 Å². The van der Waals surface area contributed by atoms with Gasteiger partial charge in [0.1, 0.15) is 11.3 Å². The Bertz CT molecular complexity index is 1010. The van der Waals surface area contributed by atoms with Crippen molar-refractivity contribution >= 4 is 40.9 Å². The quantitative estimate of drug-likeness (QED) is 0.490. The minimum atomic E-state index is -0.504. The highest BCUT2D eigenvalue weighted by Crippen LogP contribution is 2.25. The summed E-state index contributed by atoms with van der Waals surface area (Å²) in [7, 11) is 1.61. The van der Waals surface area contributed by atoms with Gasteiger partial charge in [-0.3, -0.25) is 19.8 Å². The lowest BCUT2D eigenvalue weighted by molar-refractivity contribution is -0.122. The van der Waals surface area contributed by atoms with Gasteiger partial charge >= 0.3 is 0 Å². The Labute approximate surface area is 169 Å². The first-order valence-electron chi connectivity index (χ1n) is 8.70.